The minimum atomic E-state index is -0.515. The van der Waals surface area contributed by atoms with Crippen molar-refractivity contribution >= 4 is 29.4 Å². The molecule has 0 aliphatic rings. The number of non-ortho nitro benzene ring substituents is 1. The molecule has 2 aromatic rings. The highest BCUT2D eigenvalue weighted by atomic mass is 35.5. The average Bonchev–Trinajstić information content (AvgIpc) is 2.56. The van der Waals surface area contributed by atoms with Gasteiger partial charge in [0.15, 0.2) is 0 Å². The van der Waals surface area contributed by atoms with Crippen LogP contribution in [-0.2, 0) is 0 Å². The first-order valence-electron chi connectivity index (χ1n) is 7.01. The van der Waals surface area contributed by atoms with Crippen molar-refractivity contribution in [1.29, 1.82) is 0 Å². The van der Waals surface area contributed by atoms with E-state index in [4.69, 9.17) is 16.3 Å². The second kappa shape index (κ2) is 8.07. The van der Waals surface area contributed by atoms with E-state index < -0.39 is 10.8 Å². The Balaban J connectivity index is 2.14. The lowest BCUT2D eigenvalue weighted by molar-refractivity contribution is -0.384. The second-order valence-electron chi connectivity index (χ2n) is 4.62. The van der Waals surface area contributed by atoms with Gasteiger partial charge in [0.05, 0.1) is 17.7 Å². The molecule has 0 saturated carbocycles. The molecule has 0 heterocycles. The van der Waals surface area contributed by atoms with Crippen LogP contribution in [0, 0.1) is 10.1 Å². The molecule has 0 aliphatic heterocycles. The summed E-state index contributed by atoms with van der Waals surface area (Å²) in [6.07, 6.45) is 1.30. The normalized spacial score (nSPS) is 10.6. The predicted octanol–water partition coefficient (Wildman–Crippen LogP) is 3.41. The quantitative estimate of drug-likeness (QED) is 0.492. The predicted molar refractivity (Wildman–Crippen MR) is 90.8 cm³/mol. The molecule has 0 bridgehead atoms. The fourth-order valence-electron chi connectivity index (χ4n) is 1.86. The number of rotatable bonds is 6. The number of nitrogens with one attached hydrogen (secondary N) is 1. The van der Waals surface area contributed by atoms with Gasteiger partial charge in [0, 0.05) is 28.3 Å². The second-order valence-corrected chi connectivity index (χ2v) is 5.05. The number of benzene rings is 2. The van der Waals surface area contributed by atoms with Gasteiger partial charge in [-0.05, 0) is 37.3 Å². The van der Waals surface area contributed by atoms with Crippen molar-refractivity contribution in [3.8, 4) is 5.75 Å². The van der Waals surface area contributed by atoms with Crippen molar-refractivity contribution in [3.63, 3.8) is 0 Å². The number of hydrazone groups is 1. The van der Waals surface area contributed by atoms with Crippen LogP contribution >= 0.6 is 11.6 Å². The van der Waals surface area contributed by atoms with Gasteiger partial charge >= 0.3 is 0 Å². The highest BCUT2D eigenvalue weighted by molar-refractivity contribution is 6.30. The smallest absolute Gasteiger partial charge is 0.271 e. The van der Waals surface area contributed by atoms with Crippen LogP contribution in [0.3, 0.4) is 0 Å². The first-order chi connectivity index (χ1) is 11.5. The number of nitrogens with zero attached hydrogens (tertiary/aromatic N) is 2. The van der Waals surface area contributed by atoms with E-state index in [0.717, 1.165) is 0 Å². The van der Waals surface area contributed by atoms with Gasteiger partial charge < -0.3 is 4.74 Å². The van der Waals surface area contributed by atoms with Crippen LogP contribution in [0.2, 0.25) is 5.02 Å². The Hall–Kier alpha value is -2.93. The molecule has 0 aliphatic carbocycles. The van der Waals surface area contributed by atoms with Gasteiger partial charge in [-0.15, -0.1) is 0 Å². The fourth-order valence-corrected chi connectivity index (χ4v) is 1.99. The number of carbonyl (C=O) groups is 1. The van der Waals surface area contributed by atoms with Gasteiger partial charge in [0.2, 0.25) is 0 Å². The van der Waals surface area contributed by atoms with Crippen LogP contribution in [0.15, 0.2) is 47.6 Å². The van der Waals surface area contributed by atoms with E-state index in [1.165, 1.54) is 24.4 Å². The molecule has 0 fully saturated rings. The molecule has 1 N–H and O–H groups in total. The summed E-state index contributed by atoms with van der Waals surface area (Å²) in [5, 5.41) is 15.2. The van der Waals surface area contributed by atoms with E-state index in [1.54, 1.807) is 31.2 Å². The third kappa shape index (κ3) is 4.53. The van der Waals surface area contributed by atoms with Gasteiger partial charge in [-0.3, -0.25) is 14.9 Å². The maximum atomic E-state index is 11.9. The monoisotopic (exact) mass is 347 g/mol. The topological polar surface area (TPSA) is 93.8 Å². The summed E-state index contributed by atoms with van der Waals surface area (Å²) < 4.78 is 5.39. The number of amides is 1. The van der Waals surface area contributed by atoms with Crippen LogP contribution in [-0.4, -0.2) is 23.7 Å². The number of hydrogen-bond acceptors (Lipinski definition) is 5. The lowest BCUT2D eigenvalue weighted by Crippen LogP contribution is -2.17. The number of halogens is 1. The molecule has 8 heteroatoms. The Kier molecular flexibility index (Phi) is 5.86. The van der Waals surface area contributed by atoms with Crippen LogP contribution in [0.1, 0.15) is 22.8 Å². The largest absolute Gasteiger partial charge is 0.493 e. The van der Waals surface area contributed by atoms with Crippen molar-refractivity contribution in [2.45, 2.75) is 6.92 Å². The minimum absolute atomic E-state index is 0.0936. The number of carbonyl (C=O) groups excluding carboxylic acids is 1. The van der Waals surface area contributed by atoms with E-state index >= 15 is 0 Å². The summed E-state index contributed by atoms with van der Waals surface area (Å²) in [5.41, 5.74) is 3.03. The maximum absolute atomic E-state index is 11.9. The molecule has 24 heavy (non-hydrogen) atoms. The average molecular weight is 348 g/mol. The number of ether oxygens (including phenoxy) is 1. The molecule has 0 saturated heterocycles. The summed E-state index contributed by atoms with van der Waals surface area (Å²) in [6, 6.07) is 10.5. The molecule has 7 nitrogen and oxygen atoms in total. The van der Waals surface area contributed by atoms with Crippen molar-refractivity contribution in [1.82, 2.24) is 5.43 Å². The van der Waals surface area contributed by atoms with Gasteiger partial charge in [-0.1, -0.05) is 11.6 Å². The molecule has 124 valence electrons. The van der Waals surface area contributed by atoms with E-state index in [-0.39, 0.29) is 5.69 Å². The van der Waals surface area contributed by atoms with Gasteiger partial charge in [0.25, 0.3) is 11.6 Å². The van der Waals surface area contributed by atoms with Crippen LogP contribution in [0.25, 0.3) is 0 Å². The number of hydrogen-bond donors (Lipinski definition) is 1. The lowest BCUT2D eigenvalue weighted by Gasteiger charge is -2.06. The van der Waals surface area contributed by atoms with Gasteiger partial charge in [-0.25, -0.2) is 5.43 Å². The molecule has 2 rings (SSSR count). The standard InChI is InChI=1S/C16H14ClN3O4/c1-2-24-15-8-7-14(20(22)23)9-12(15)10-18-19-16(21)11-3-5-13(17)6-4-11/h3-10H,2H2,1H3,(H,19,21). The molecule has 0 spiro atoms. The Bertz CT molecular complexity index is 775. The van der Waals surface area contributed by atoms with Crippen molar-refractivity contribution < 1.29 is 14.5 Å². The fraction of sp³-hybridized carbons (Fsp3) is 0.125. The van der Waals surface area contributed by atoms with Gasteiger partial charge in [0.1, 0.15) is 5.75 Å². The van der Waals surface area contributed by atoms with Crippen LogP contribution in [0.5, 0.6) is 5.75 Å². The Labute approximate surface area is 143 Å². The van der Waals surface area contributed by atoms with E-state index in [0.29, 0.717) is 28.5 Å². The van der Waals surface area contributed by atoms with Crippen molar-refractivity contribution in [2.75, 3.05) is 6.61 Å². The third-order valence-electron chi connectivity index (χ3n) is 2.98. The summed E-state index contributed by atoms with van der Waals surface area (Å²) in [4.78, 5) is 22.3. The van der Waals surface area contributed by atoms with Crippen molar-refractivity contribution in [2.24, 2.45) is 5.10 Å². The molecule has 0 atom stereocenters. The molecule has 0 aromatic heterocycles. The SMILES string of the molecule is CCOc1ccc([N+](=O)[O-])cc1C=NNC(=O)c1ccc(Cl)cc1. The summed E-state index contributed by atoms with van der Waals surface area (Å²) in [7, 11) is 0. The third-order valence-corrected chi connectivity index (χ3v) is 3.23. The molecule has 0 radical (unpaired) electrons. The van der Waals surface area contributed by atoms with E-state index in [9.17, 15) is 14.9 Å². The Morgan fingerprint density at radius 3 is 2.67 bits per heavy atom. The van der Waals surface area contributed by atoms with Crippen LogP contribution < -0.4 is 10.2 Å². The summed E-state index contributed by atoms with van der Waals surface area (Å²) >= 11 is 5.76. The molecular formula is C16H14ClN3O4. The first-order valence-corrected chi connectivity index (χ1v) is 7.39. The zero-order valence-electron chi connectivity index (χ0n) is 12.7. The molecule has 2 aromatic carbocycles. The van der Waals surface area contributed by atoms with E-state index in [1.807, 2.05) is 0 Å². The number of nitro groups is 1. The maximum Gasteiger partial charge on any atom is 0.271 e. The highest BCUT2D eigenvalue weighted by Crippen LogP contribution is 2.22. The highest BCUT2D eigenvalue weighted by Gasteiger charge is 2.10. The number of nitro benzene ring substituents is 1. The molecular weight excluding hydrogens is 334 g/mol. The van der Waals surface area contributed by atoms with Gasteiger partial charge in [-0.2, -0.15) is 5.10 Å². The van der Waals surface area contributed by atoms with E-state index in [2.05, 4.69) is 10.5 Å². The zero-order chi connectivity index (χ0) is 17.5. The first kappa shape index (κ1) is 17.4. The minimum Gasteiger partial charge on any atom is -0.493 e. The zero-order valence-corrected chi connectivity index (χ0v) is 13.5. The van der Waals surface area contributed by atoms with Crippen LogP contribution in [0.4, 0.5) is 5.69 Å². The molecule has 0 unspecified atom stereocenters. The lowest BCUT2D eigenvalue weighted by atomic mass is 10.2. The molecule has 1 amide bonds. The Morgan fingerprint density at radius 2 is 2.04 bits per heavy atom. The summed E-state index contributed by atoms with van der Waals surface area (Å²) in [5.74, 6) is 0.0129. The Morgan fingerprint density at radius 1 is 1.33 bits per heavy atom. The van der Waals surface area contributed by atoms with Crippen molar-refractivity contribution in [3.05, 3.63) is 68.7 Å². The summed E-state index contributed by atoms with van der Waals surface area (Å²) in [6.45, 7) is 2.19.